The highest BCUT2D eigenvalue weighted by Gasteiger charge is 2.62. The van der Waals surface area contributed by atoms with E-state index in [9.17, 15) is 22.4 Å². The maximum atomic E-state index is 14.1. The van der Waals surface area contributed by atoms with Gasteiger partial charge in [-0.2, -0.15) is 18.2 Å². The van der Waals surface area contributed by atoms with Gasteiger partial charge in [0, 0.05) is 11.6 Å². The summed E-state index contributed by atoms with van der Waals surface area (Å²) in [5, 5.41) is 11.5. The van der Waals surface area contributed by atoms with Crippen LogP contribution < -0.4 is 5.32 Å². The molecule has 2 bridgehead atoms. The summed E-state index contributed by atoms with van der Waals surface area (Å²) in [6.45, 7) is 4.16. The van der Waals surface area contributed by atoms with Crippen molar-refractivity contribution in [2.45, 2.75) is 64.6 Å². The number of carbonyl (C=O) groups excluding carboxylic acids is 1. The zero-order chi connectivity index (χ0) is 24.7. The number of amides is 1. The number of anilines is 1. The lowest BCUT2D eigenvalue weighted by molar-refractivity contribution is -0.147. The molecule has 3 aliphatic carbocycles. The normalized spacial score (nSPS) is 26.1. The number of halogens is 4. The lowest BCUT2D eigenvalue weighted by Gasteiger charge is -2.39. The predicted molar refractivity (Wildman–Crippen MR) is 118 cm³/mol. The van der Waals surface area contributed by atoms with E-state index in [-0.39, 0.29) is 24.8 Å². The third-order valence-electron chi connectivity index (χ3n) is 7.82. The van der Waals surface area contributed by atoms with Crippen LogP contribution in [0.5, 0.6) is 0 Å². The van der Waals surface area contributed by atoms with Gasteiger partial charge in [-0.15, -0.1) is 10.2 Å². The molecule has 1 aliphatic heterocycles. The third kappa shape index (κ3) is 3.38. The summed E-state index contributed by atoms with van der Waals surface area (Å²) < 4.78 is 55.6. The van der Waals surface area contributed by atoms with Crippen LogP contribution >= 0.6 is 0 Å². The molecular formula is C24H24F4N6O. The van der Waals surface area contributed by atoms with Gasteiger partial charge in [0.1, 0.15) is 17.8 Å². The monoisotopic (exact) mass is 488 g/mol. The second-order valence-corrected chi connectivity index (χ2v) is 10.1. The van der Waals surface area contributed by atoms with Gasteiger partial charge in [0.15, 0.2) is 0 Å². The molecule has 3 saturated carbocycles. The molecule has 0 unspecified atom stereocenters. The van der Waals surface area contributed by atoms with Gasteiger partial charge in [-0.3, -0.25) is 9.20 Å². The smallest absolute Gasteiger partial charge is 0.363 e. The van der Waals surface area contributed by atoms with Crippen LogP contribution in [0.1, 0.15) is 60.4 Å². The molecule has 3 fully saturated rings. The highest BCUT2D eigenvalue weighted by Crippen LogP contribution is 2.61. The molecule has 0 saturated heterocycles. The fraction of sp³-hybridized carbons (Fsp3) is 0.500. The third-order valence-corrected chi connectivity index (χ3v) is 7.82. The minimum atomic E-state index is -4.44. The van der Waals surface area contributed by atoms with Crippen molar-refractivity contribution in [3.63, 3.8) is 0 Å². The van der Waals surface area contributed by atoms with Crippen LogP contribution in [0.4, 0.5) is 23.4 Å². The minimum absolute atomic E-state index is 0.0112. The molecule has 0 radical (unpaired) electrons. The van der Waals surface area contributed by atoms with Gasteiger partial charge < -0.3 is 10.2 Å². The van der Waals surface area contributed by atoms with E-state index in [4.69, 9.17) is 0 Å². The van der Waals surface area contributed by atoms with Gasteiger partial charge in [0.25, 0.3) is 5.78 Å². The van der Waals surface area contributed by atoms with Gasteiger partial charge in [-0.25, -0.2) is 4.39 Å². The number of nitrogens with one attached hydrogen (secondary N) is 1. The number of hydrogen-bond donors (Lipinski definition) is 1. The number of hydrogen-bond acceptors (Lipinski definition) is 5. The largest absolute Gasteiger partial charge is 0.416 e. The first-order valence-electron chi connectivity index (χ1n) is 11.7. The Kier molecular flexibility index (Phi) is 4.69. The quantitative estimate of drug-likeness (QED) is 0.543. The van der Waals surface area contributed by atoms with E-state index in [1.165, 1.54) is 6.07 Å². The molecule has 184 valence electrons. The van der Waals surface area contributed by atoms with E-state index in [0.29, 0.717) is 42.4 Å². The van der Waals surface area contributed by atoms with Crippen molar-refractivity contribution in [2.75, 3.05) is 5.32 Å². The number of fused-ring (bicyclic) bond motifs is 4. The van der Waals surface area contributed by atoms with E-state index >= 15 is 0 Å². The van der Waals surface area contributed by atoms with Crippen LogP contribution in [0, 0.1) is 18.3 Å². The predicted octanol–water partition coefficient (Wildman–Crippen LogP) is 4.61. The molecule has 1 aromatic carbocycles. The maximum Gasteiger partial charge on any atom is 0.416 e. The Bertz CT molecular complexity index is 1350. The summed E-state index contributed by atoms with van der Waals surface area (Å²) >= 11 is 0. The van der Waals surface area contributed by atoms with Crippen LogP contribution in [0.2, 0.25) is 0 Å². The minimum Gasteiger partial charge on any atom is -0.363 e. The summed E-state index contributed by atoms with van der Waals surface area (Å²) in [5.74, 6) is 1.38. The Morgan fingerprint density at radius 1 is 1.20 bits per heavy atom. The summed E-state index contributed by atoms with van der Waals surface area (Å²) in [6.07, 6.45) is -3.89. The van der Waals surface area contributed by atoms with Crippen molar-refractivity contribution in [2.24, 2.45) is 11.3 Å². The average molecular weight is 488 g/mol. The van der Waals surface area contributed by atoms with Crippen LogP contribution in [-0.2, 0) is 24.1 Å². The fourth-order valence-corrected chi connectivity index (χ4v) is 5.98. The Morgan fingerprint density at radius 3 is 2.66 bits per heavy atom. The average Bonchev–Trinajstić information content (AvgIpc) is 3.53. The topological polar surface area (TPSA) is 75.4 Å². The standard InChI is InChI=1S/C24H24F4N6O/c1-12(14-4-3-5-16(6-14)24(26,27)28)29-20-17-10-33(21(35)23-7-15(8-23)18(25)9-23)11-19(17)34-13(2)31-32-22(34)30-20/h3-6,12,15,18H,7-11H2,1-2H3,(H,29,30,32)/t12-,15?,18+,23?/m1/s1. The Morgan fingerprint density at radius 2 is 1.97 bits per heavy atom. The van der Waals surface area contributed by atoms with Crippen molar-refractivity contribution in [1.82, 2.24) is 24.5 Å². The number of carbonyl (C=O) groups is 1. The van der Waals surface area contributed by atoms with E-state index < -0.39 is 29.4 Å². The van der Waals surface area contributed by atoms with Gasteiger partial charge in [0.05, 0.1) is 29.8 Å². The zero-order valence-electron chi connectivity index (χ0n) is 19.2. The van der Waals surface area contributed by atoms with Gasteiger partial charge in [-0.05, 0) is 56.7 Å². The Balaban J connectivity index is 1.33. The molecular weight excluding hydrogens is 464 g/mol. The SMILES string of the molecule is Cc1nnc2nc(N[C@H](C)c3cccc(C(F)(F)F)c3)c3c(n12)CN(C(=O)C12CC(C1)[C@@H](F)C2)C3. The molecule has 35 heavy (non-hydrogen) atoms. The molecule has 1 amide bonds. The Hall–Kier alpha value is -3.24. The number of benzene rings is 1. The Labute approximate surface area is 198 Å². The van der Waals surface area contributed by atoms with Crippen molar-refractivity contribution in [1.29, 1.82) is 0 Å². The van der Waals surface area contributed by atoms with Gasteiger partial charge >= 0.3 is 6.18 Å². The first kappa shape index (κ1) is 22.2. The number of aromatic nitrogens is 4. The van der Waals surface area contributed by atoms with Gasteiger partial charge in [-0.1, -0.05) is 12.1 Å². The van der Waals surface area contributed by atoms with Crippen molar-refractivity contribution in [3.05, 3.63) is 52.5 Å². The van der Waals surface area contributed by atoms with E-state index in [1.807, 2.05) is 0 Å². The molecule has 2 atom stereocenters. The van der Waals surface area contributed by atoms with Crippen molar-refractivity contribution < 1.29 is 22.4 Å². The molecule has 4 aliphatic rings. The highest BCUT2D eigenvalue weighted by atomic mass is 19.4. The molecule has 7 rings (SSSR count). The number of aryl methyl sites for hydroxylation is 1. The van der Waals surface area contributed by atoms with E-state index in [2.05, 4.69) is 20.5 Å². The van der Waals surface area contributed by atoms with Crippen molar-refractivity contribution >= 4 is 17.5 Å². The van der Waals surface area contributed by atoms with E-state index in [1.54, 1.807) is 29.2 Å². The second kappa shape index (κ2) is 7.38. The number of alkyl halides is 4. The number of rotatable bonds is 4. The molecule has 0 spiro atoms. The molecule has 3 aromatic rings. The van der Waals surface area contributed by atoms with Crippen LogP contribution in [-0.4, -0.2) is 36.6 Å². The van der Waals surface area contributed by atoms with Gasteiger partial charge in [0.2, 0.25) is 5.91 Å². The first-order valence-corrected chi connectivity index (χ1v) is 11.7. The fourth-order valence-electron chi connectivity index (χ4n) is 5.98. The molecule has 7 nitrogen and oxygen atoms in total. The van der Waals surface area contributed by atoms with E-state index in [0.717, 1.165) is 23.4 Å². The lowest BCUT2D eigenvalue weighted by Crippen LogP contribution is -2.44. The second-order valence-electron chi connectivity index (χ2n) is 10.1. The van der Waals surface area contributed by atoms with Crippen molar-refractivity contribution in [3.8, 4) is 0 Å². The summed E-state index contributed by atoms with van der Waals surface area (Å²) in [4.78, 5) is 19.8. The molecule has 3 heterocycles. The lowest BCUT2D eigenvalue weighted by atomic mass is 9.69. The van der Waals surface area contributed by atoms with Crippen LogP contribution in [0.15, 0.2) is 24.3 Å². The summed E-state index contributed by atoms with van der Waals surface area (Å²) in [6, 6.07) is 4.68. The summed E-state index contributed by atoms with van der Waals surface area (Å²) in [7, 11) is 0. The molecule has 1 N–H and O–H groups in total. The highest BCUT2D eigenvalue weighted by molar-refractivity contribution is 5.85. The van der Waals surface area contributed by atoms with Crippen LogP contribution in [0.25, 0.3) is 5.78 Å². The zero-order valence-corrected chi connectivity index (χ0v) is 19.2. The summed E-state index contributed by atoms with van der Waals surface area (Å²) in [5.41, 5.74) is 0.710. The molecule has 2 aromatic heterocycles. The molecule has 11 heteroatoms. The number of nitrogens with zero attached hydrogens (tertiary/aromatic N) is 5. The maximum absolute atomic E-state index is 14.1. The van der Waals surface area contributed by atoms with Crippen LogP contribution in [0.3, 0.4) is 0 Å². The first-order chi connectivity index (χ1) is 16.6.